The predicted octanol–water partition coefficient (Wildman–Crippen LogP) is 4.32. The molecule has 0 saturated carbocycles. The molecule has 0 bridgehead atoms. The molecule has 0 spiro atoms. The van der Waals surface area contributed by atoms with E-state index in [1.54, 1.807) is 0 Å². The second-order valence-corrected chi connectivity index (χ2v) is 7.09. The van der Waals surface area contributed by atoms with E-state index in [-0.39, 0.29) is 0 Å². The van der Waals surface area contributed by atoms with Gasteiger partial charge >= 0.3 is 0 Å². The molecule has 1 aliphatic rings. The molecule has 0 atom stereocenters. The number of nitrogens with zero attached hydrogens (tertiary/aromatic N) is 2. The van der Waals surface area contributed by atoms with Crippen LogP contribution < -0.4 is 4.90 Å². The van der Waals surface area contributed by atoms with Crippen LogP contribution in [-0.2, 0) is 6.54 Å². The van der Waals surface area contributed by atoms with Crippen LogP contribution in [0.4, 0.5) is 5.69 Å². The molecule has 122 valence electrons. The lowest BCUT2D eigenvalue weighted by Crippen LogP contribution is -2.51. The average Bonchev–Trinajstić information content (AvgIpc) is 2.61. The number of rotatable bonds is 6. The van der Waals surface area contributed by atoms with E-state index in [4.69, 9.17) is 0 Å². The molecular formula is C21H29N2+. The standard InChI is InChI=1S/C21H29N2/c1-23(16-9-4-10-17-23)18-15-22(21-13-7-3-8-14-21)19-20-11-5-2-6-12-20/h2-3,5-8,11-14H,4,9-10,15-19H2,1H3/q+1. The van der Waals surface area contributed by atoms with Crippen LogP contribution >= 0.6 is 0 Å². The summed E-state index contributed by atoms with van der Waals surface area (Å²) in [6, 6.07) is 21.7. The predicted molar refractivity (Wildman–Crippen MR) is 98.6 cm³/mol. The van der Waals surface area contributed by atoms with E-state index in [1.807, 2.05) is 0 Å². The Labute approximate surface area is 140 Å². The molecule has 0 amide bonds. The van der Waals surface area contributed by atoms with Crippen LogP contribution in [0.3, 0.4) is 0 Å². The van der Waals surface area contributed by atoms with Crippen LogP contribution in [0.5, 0.6) is 0 Å². The summed E-state index contributed by atoms with van der Waals surface area (Å²) in [6.07, 6.45) is 4.20. The molecular weight excluding hydrogens is 280 g/mol. The van der Waals surface area contributed by atoms with E-state index in [0.717, 1.165) is 13.1 Å². The number of hydrogen-bond acceptors (Lipinski definition) is 1. The third-order valence-corrected chi connectivity index (χ3v) is 5.14. The normalized spacial score (nSPS) is 16.9. The lowest BCUT2D eigenvalue weighted by molar-refractivity contribution is -0.912. The molecule has 2 nitrogen and oxygen atoms in total. The van der Waals surface area contributed by atoms with Crippen molar-refractivity contribution in [3.05, 3.63) is 66.2 Å². The highest BCUT2D eigenvalue weighted by Gasteiger charge is 2.25. The number of piperidine rings is 1. The van der Waals surface area contributed by atoms with Gasteiger partial charge in [0.15, 0.2) is 0 Å². The molecule has 0 N–H and O–H groups in total. The first-order valence-electron chi connectivity index (χ1n) is 8.93. The van der Waals surface area contributed by atoms with E-state index in [2.05, 4.69) is 72.6 Å². The third kappa shape index (κ3) is 4.59. The van der Waals surface area contributed by atoms with E-state index in [0.29, 0.717) is 0 Å². The van der Waals surface area contributed by atoms with Crippen molar-refractivity contribution >= 4 is 5.69 Å². The van der Waals surface area contributed by atoms with Gasteiger partial charge in [0.2, 0.25) is 0 Å². The second kappa shape index (κ2) is 7.65. The van der Waals surface area contributed by atoms with E-state index >= 15 is 0 Å². The Morgan fingerprint density at radius 2 is 1.43 bits per heavy atom. The second-order valence-electron chi connectivity index (χ2n) is 7.09. The van der Waals surface area contributed by atoms with Gasteiger partial charge in [-0.2, -0.15) is 0 Å². The van der Waals surface area contributed by atoms with Crippen LogP contribution in [-0.4, -0.2) is 37.7 Å². The van der Waals surface area contributed by atoms with Gasteiger partial charge < -0.3 is 9.38 Å². The lowest BCUT2D eigenvalue weighted by Gasteiger charge is -2.39. The van der Waals surface area contributed by atoms with Crippen LogP contribution in [0, 0.1) is 0 Å². The van der Waals surface area contributed by atoms with Crippen LogP contribution in [0.1, 0.15) is 24.8 Å². The Morgan fingerprint density at radius 1 is 0.826 bits per heavy atom. The summed E-state index contributed by atoms with van der Waals surface area (Å²) in [5.74, 6) is 0. The first-order valence-corrected chi connectivity index (χ1v) is 8.93. The fraction of sp³-hybridized carbons (Fsp3) is 0.429. The lowest BCUT2D eigenvalue weighted by atomic mass is 10.1. The molecule has 1 saturated heterocycles. The summed E-state index contributed by atoms with van der Waals surface area (Å²) < 4.78 is 1.23. The van der Waals surface area contributed by atoms with Gasteiger partial charge in [-0.3, -0.25) is 0 Å². The van der Waals surface area contributed by atoms with Crippen molar-refractivity contribution in [2.24, 2.45) is 0 Å². The topological polar surface area (TPSA) is 3.24 Å². The maximum absolute atomic E-state index is 2.54. The molecule has 2 aromatic rings. The highest BCUT2D eigenvalue weighted by molar-refractivity contribution is 5.46. The fourth-order valence-corrected chi connectivity index (χ4v) is 3.60. The third-order valence-electron chi connectivity index (χ3n) is 5.14. The zero-order chi connectivity index (χ0) is 16.0. The first-order chi connectivity index (χ1) is 11.3. The summed E-state index contributed by atoms with van der Waals surface area (Å²) in [7, 11) is 2.44. The highest BCUT2D eigenvalue weighted by Crippen LogP contribution is 2.20. The quantitative estimate of drug-likeness (QED) is 0.718. The van der Waals surface area contributed by atoms with Crippen molar-refractivity contribution in [2.45, 2.75) is 25.8 Å². The van der Waals surface area contributed by atoms with Gasteiger partial charge in [-0.25, -0.2) is 0 Å². The number of para-hydroxylation sites is 1. The van der Waals surface area contributed by atoms with Crippen LogP contribution in [0.15, 0.2) is 60.7 Å². The maximum atomic E-state index is 2.54. The first kappa shape index (κ1) is 16.1. The molecule has 0 unspecified atom stereocenters. The Kier molecular flexibility index (Phi) is 5.35. The van der Waals surface area contributed by atoms with Crippen molar-refractivity contribution < 1.29 is 4.48 Å². The van der Waals surface area contributed by atoms with Gasteiger partial charge in [-0.15, -0.1) is 0 Å². The Bertz CT molecular complexity index is 573. The van der Waals surface area contributed by atoms with E-state index < -0.39 is 0 Å². The van der Waals surface area contributed by atoms with Gasteiger partial charge in [0.1, 0.15) is 0 Å². The summed E-state index contributed by atoms with van der Waals surface area (Å²) in [4.78, 5) is 2.54. The molecule has 23 heavy (non-hydrogen) atoms. The van der Waals surface area contributed by atoms with Crippen molar-refractivity contribution in [1.82, 2.24) is 0 Å². The molecule has 2 heteroatoms. The molecule has 0 radical (unpaired) electrons. The van der Waals surface area contributed by atoms with Crippen molar-refractivity contribution in [2.75, 3.05) is 38.1 Å². The molecule has 3 rings (SSSR count). The molecule has 1 fully saturated rings. The number of likely N-dealkylation sites (N-methyl/N-ethyl adjacent to an activating group) is 1. The minimum absolute atomic E-state index is 0.991. The summed E-state index contributed by atoms with van der Waals surface area (Å²) in [6.45, 7) is 6.03. The Balaban J connectivity index is 1.70. The smallest absolute Gasteiger partial charge is 0.0962 e. The zero-order valence-electron chi connectivity index (χ0n) is 14.3. The SMILES string of the molecule is C[N+]1(CCN(Cc2ccccc2)c2ccccc2)CCCCC1. The zero-order valence-corrected chi connectivity index (χ0v) is 14.3. The van der Waals surface area contributed by atoms with Crippen LogP contribution in [0.2, 0.25) is 0 Å². The number of benzene rings is 2. The Morgan fingerprint density at radius 3 is 2.09 bits per heavy atom. The van der Waals surface area contributed by atoms with Gasteiger partial charge in [-0.1, -0.05) is 48.5 Å². The minimum Gasteiger partial charge on any atom is -0.362 e. The van der Waals surface area contributed by atoms with Crippen molar-refractivity contribution in [3.8, 4) is 0 Å². The monoisotopic (exact) mass is 309 g/mol. The summed E-state index contributed by atoms with van der Waals surface area (Å²) in [5, 5.41) is 0. The number of quaternary nitrogens is 1. The molecule has 0 aliphatic carbocycles. The van der Waals surface area contributed by atoms with E-state index in [1.165, 1.54) is 54.6 Å². The highest BCUT2D eigenvalue weighted by atomic mass is 15.3. The van der Waals surface area contributed by atoms with Crippen molar-refractivity contribution in [3.63, 3.8) is 0 Å². The molecule has 0 aromatic heterocycles. The van der Waals surface area contributed by atoms with Gasteiger partial charge in [-0.05, 0) is 37.0 Å². The summed E-state index contributed by atoms with van der Waals surface area (Å²) >= 11 is 0. The largest absolute Gasteiger partial charge is 0.362 e. The van der Waals surface area contributed by atoms with Gasteiger partial charge in [0, 0.05) is 12.2 Å². The Hall–Kier alpha value is -1.80. The summed E-state index contributed by atoms with van der Waals surface area (Å²) in [5.41, 5.74) is 2.72. The van der Waals surface area contributed by atoms with E-state index in [9.17, 15) is 0 Å². The number of likely N-dealkylation sites (tertiary alicyclic amines) is 1. The number of hydrogen-bond donors (Lipinski definition) is 0. The molecule has 1 heterocycles. The van der Waals surface area contributed by atoms with Crippen molar-refractivity contribution in [1.29, 1.82) is 0 Å². The minimum atomic E-state index is 0.991. The van der Waals surface area contributed by atoms with Crippen LogP contribution in [0.25, 0.3) is 0 Å². The molecule has 2 aromatic carbocycles. The maximum Gasteiger partial charge on any atom is 0.0962 e. The average molecular weight is 309 g/mol. The molecule has 1 aliphatic heterocycles. The van der Waals surface area contributed by atoms with Gasteiger partial charge in [0.05, 0.1) is 33.2 Å². The fourth-order valence-electron chi connectivity index (χ4n) is 3.60. The number of anilines is 1. The van der Waals surface area contributed by atoms with Gasteiger partial charge in [0.25, 0.3) is 0 Å².